The molecule has 8 heteroatoms. The normalized spacial score (nSPS) is 14.2. The van der Waals surface area contributed by atoms with Crippen molar-refractivity contribution in [1.82, 2.24) is 5.32 Å². The Kier molecular flexibility index (Phi) is 11.9. The van der Waals surface area contributed by atoms with Gasteiger partial charge in [0.25, 0.3) is 5.91 Å². The monoisotopic (exact) mass is 499 g/mol. The summed E-state index contributed by atoms with van der Waals surface area (Å²) in [6.45, 7) is 6.78. The summed E-state index contributed by atoms with van der Waals surface area (Å²) in [5.41, 5.74) is 3.16. The van der Waals surface area contributed by atoms with Gasteiger partial charge < -0.3 is 16.0 Å². The van der Waals surface area contributed by atoms with Crippen LogP contribution in [0.25, 0.3) is 0 Å². The molecule has 0 saturated heterocycles. The Balaban J connectivity index is 2.16. The van der Waals surface area contributed by atoms with Gasteiger partial charge in [-0.1, -0.05) is 56.3 Å². The Morgan fingerprint density at radius 1 is 0.969 bits per heavy atom. The largest absolute Gasteiger partial charge is 0.380 e. The lowest BCUT2D eigenvalue weighted by molar-refractivity contribution is -0.119. The number of anilines is 2. The number of carbonyl (C=O) groups excluding carboxylic acids is 2. The topological polar surface area (TPSA) is 70.2 Å². The van der Waals surface area contributed by atoms with Crippen molar-refractivity contribution in [3.05, 3.63) is 32.8 Å². The van der Waals surface area contributed by atoms with Crippen LogP contribution < -0.4 is 16.0 Å². The molecule has 0 spiro atoms. The summed E-state index contributed by atoms with van der Waals surface area (Å²) in [6.07, 6.45) is 9.34. The third-order valence-electron chi connectivity index (χ3n) is 5.65. The van der Waals surface area contributed by atoms with Crippen molar-refractivity contribution in [2.75, 3.05) is 29.6 Å². The highest BCUT2D eigenvalue weighted by atomic mass is 35.5. The van der Waals surface area contributed by atoms with Crippen molar-refractivity contribution in [3.63, 3.8) is 0 Å². The molecule has 0 aliphatic heterocycles. The van der Waals surface area contributed by atoms with Crippen LogP contribution in [0.15, 0.2) is 17.2 Å². The quantitative estimate of drug-likeness (QED) is 0.217. The smallest absolute Gasteiger partial charge is 0.252 e. The molecule has 1 unspecified atom stereocenters. The highest BCUT2D eigenvalue weighted by Crippen LogP contribution is 2.38. The van der Waals surface area contributed by atoms with Gasteiger partial charge in [-0.3, -0.25) is 9.59 Å². The van der Waals surface area contributed by atoms with Gasteiger partial charge in [0.1, 0.15) is 0 Å². The molecule has 1 aromatic rings. The maximum absolute atomic E-state index is 13.2. The van der Waals surface area contributed by atoms with Gasteiger partial charge in [0.05, 0.1) is 21.4 Å². The number of unbranched alkanes of at least 4 members (excludes halogenated alkanes) is 3. The summed E-state index contributed by atoms with van der Waals surface area (Å²) in [4.78, 5) is 25.9. The van der Waals surface area contributed by atoms with Crippen molar-refractivity contribution in [3.8, 4) is 0 Å². The molecule has 2 amide bonds. The average molecular weight is 500 g/mol. The highest BCUT2D eigenvalue weighted by Gasteiger charge is 2.25. The lowest BCUT2D eigenvalue weighted by Gasteiger charge is -2.21. The minimum atomic E-state index is -0.258. The van der Waals surface area contributed by atoms with Crippen LogP contribution in [0, 0.1) is 6.92 Å². The lowest BCUT2D eigenvalue weighted by atomic mass is 9.90. The Hall–Kier alpha value is -1.29. The van der Waals surface area contributed by atoms with Crippen LogP contribution in [0.2, 0.25) is 10.0 Å². The minimum Gasteiger partial charge on any atom is -0.380 e. The van der Waals surface area contributed by atoms with Gasteiger partial charge >= 0.3 is 0 Å². The van der Waals surface area contributed by atoms with Gasteiger partial charge in [-0.05, 0) is 56.8 Å². The summed E-state index contributed by atoms with van der Waals surface area (Å²) in [6, 6.07) is 1.78. The van der Waals surface area contributed by atoms with E-state index in [4.69, 9.17) is 23.2 Å². The highest BCUT2D eigenvalue weighted by molar-refractivity contribution is 7.38. The number of hydrogen-bond acceptors (Lipinski definition) is 3. The van der Waals surface area contributed by atoms with Crippen LogP contribution in [-0.2, 0) is 9.59 Å². The standard InChI is InChI=1S/C24H36Cl2N3O2P/c1-4-6-7-10-13-27-23(30)17-11-8-9-12-18(17)24(31)29-20-14-19(28-15-32-5-2)21(25)16(3)22(20)26/h14,28,32H,4-13,15H2,1-3H3,(H,27,30)(H,29,31). The van der Waals surface area contributed by atoms with E-state index in [1.165, 1.54) is 6.42 Å². The number of amides is 2. The Morgan fingerprint density at radius 3 is 2.28 bits per heavy atom. The summed E-state index contributed by atoms with van der Waals surface area (Å²) in [5, 5.41) is 10.3. The van der Waals surface area contributed by atoms with Gasteiger partial charge in [-0.15, -0.1) is 8.58 Å². The first-order valence-corrected chi connectivity index (χ1v) is 13.8. The molecule has 1 atom stereocenters. The van der Waals surface area contributed by atoms with Crippen molar-refractivity contribution in [1.29, 1.82) is 0 Å². The molecule has 0 radical (unpaired) electrons. The number of rotatable bonds is 12. The minimum absolute atomic E-state index is 0.118. The molecule has 1 aliphatic rings. The summed E-state index contributed by atoms with van der Waals surface area (Å²) >= 11 is 13.0. The number of carbonyl (C=O) groups is 2. The predicted molar refractivity (Wildman–Crippen MR) is 140 cm³/mol. The second kappa shape index (κ2) is 14.1. The zero-order valence-electron chi connectivity index (χ0n) is 19.4. The first-order chi connectivity index (χ1) is 15.4. The molecule has 2 rings (SSSR count). The molecule has 178 valence electrons. The fourth-order valence-electron chi connectivity index (χ4n) is 3.74. The second-order valence-electron chi connectivity index (χ2n) is 8.12. The van der Waals surface area contributed by atoms with E-state index in [2.05, 4.69) is 29.8 Å². The maximum Gasteiger partial charge on any atom is 0.252 e. The summed E-state index contributed by atoms with van der Waals surface area (Å²) in [7, 11) is 0.778. The molecular formula is C24H36Cl2N3O2P. The zero-order chi connectivity index (χ0) is 23.5. The number of hydrogen-bond donors (Lipinski definition) is 3. The van der Waals surface area contributed by atoms with Gasteiger partial charge in [-0.2, -0.15) is 0 Å². The summed E-state index contributed by atoms with van der Waals surface area (Å²) in [5.74, 6) is -0.376. The molecule has 0 fully saturated rings. The van der Waals surface area contributed by atoms with Crippen molar-refractivity contribution in [2.45, 2.75) is 72.1 Å². The Bertz CT molecular complexity index is 843. The molecular weight excluding hydrogens is 464 g/mol. The van der Waals surface area contributed by atoms with E-state index < -0.39 is 0 Å². The maximum atomic E-state index is 13.2. The molecule has 3 N–H and O–H groups in total. The third-order valence-corrected chi connectivity index (χ3v) is 7.55. The van der Waals surface area contributed by atoms with Crippen LogP contribution in [-0.4, -0.2) is 30.8 Å². The molecule has 32 heavy (non-hydrogen) atoms. The fourth-order valence-corrected chi connectivity index (χ4v) is 4.76. The molecule has 0 bridgehead atoms. The first kappa shape index (κ1) is 27.0. The van der Waals surface area contributed by atoms with E-state index in [1.54, 1.807) is 6.07 Å². The average Bonchev–Trinajstić information content (AvgIpc) is 2.80. The van der Waals surface area contributed by atoms with E-state index in [1.807, 2.05) is 6.92 Å². The van der Waals surface area contributed by atoms with Gasteiger partial charge in [-0.25, -0.2) is 0 Å². The van der Waals surface area contributed by atoms with Gasteiger partial charge in [0.2, 0.25) is 5.91 Å². The number of nitrogens with one attached hydrogen (secondary N) is 3. The number of halogens is 2. The van der Waals surface area contributed by atoms with Crippen LogP contribution in [0.1, 0.15) is 70.8 Å². The van der Waals surface area contributed by atoms with Crippen molar-refractivity contribution >= 4 is 55.0 Å². The van der Waals surface area contributed by atoms with Crippen LogP contribution in [0.3, 0.4) is 0 Å². The van der Waals surface area contributed by atoms with Crippen molar-refractivity contribution in [2.24, 2.45) is 0 Å². The van der Waals surface area contributed by atoms with E-state index >= 15 is 0 Å². The van der Waals surface area contributed by atoms with Crippen LogP contribution in [0.4, 0.5) is 11.4 Å². The lowest BCUT2D eigenvalue weighted by Crippen LogP contribution is -2.30. The molecule has 0 heterocycles. The molecule has 0 aromatic heterocycles. The summed E-state index contributed by atoms with van der Waals surface area (Å²) < 4.78 is 0. The Labute approximate surface area is 204 Å². The molecule has 1 aliphatic carbocycles. The van der Waals surface area contributed by atoms with E-state index in [0.29, 0.717) is 46.3 Å². The van der Waals surface area contributed by atoms with Gasteiger partial charge in [0, 0.05) is 24.0 Å². The third kappa shape index (κ3) is 7.64. The predicted octanol–water partition coefficient (Wildman–Crippen LogP) is 6.88. The van der Waals surface area contributed by atoms with E-state index in [9.17, 15) is 9.59 Å². The van der Waals surface area contributed by atoms with Crippen LogP contribution in [0.5, 0.6) is 0 Å². The molecule has 1 aromatic carbocycles. The fraction of sp³-hybridized carbons (Fsp3) is 0.583. The van der Waals surface area contributed by atoms with E-state index in [-0.39, 0.29) is 11.8 Å². The molecule has 0 saturated carbocycles. The first-order valence-electron chi connectivity index (χ1n) is 11.6. The van der Waals surface area contributed by atoms with Crippen molar-refractivity contribution < 1.29 is 9.59 Å². The van der Waals surface area contributed by atoms with Crippen LogP contribution >= 0.6 is 31.8 Å². The number of benzene rings is 1. The SMILES string of the molecule is CCCCCCNC(=O)C1=C(C(=O)Nc2cc(NCPCC)c(Cl)c(C)c2Cl)CCCC1. The van der Waals surface area contributed by atoms with E-state index in [0.717, 1.165) is 64.4 Å². The van der Waals surface area contributed by atoms with Gasteiger partial charge in [0.15, 0.2) is 0 Å². The second-order valence-corrected chi connectivity index (χ2v) is 10.4. The zero-order valence-corrected chi connectivity index (χ0v) is 21.9. The Morgan fingerprint density at radius 2 is 1.62 bits per heavy atom. The molecule has 5 nitrogen and oxygen atoms in total.